The van der Waals surface area contributed by atoms with Crippen molar-refractivity contribution >= 4 is 28.5 Å². The number of aromatic nitrogens is 2. The van der Waals surface area contributed by atoms with Crippen LogP contribution in [0, 0.1) is 11.3 Å². The van der Waals surface area contributed by atoms with Gasteiger partial charge in [0.1, 0.15) is 6.07 Å². The average Bonchev–Trinajstić information content (AvgIpc) is 3.14. The highest BCUT2D eigenvalue weighted by Crippen LogP contribution is 2.28. The van der Waals surface area contributed by atoms with E-state index in [2.05, 4.69) is 4.98 Å². The van der Waals surface area contributed by atoms with Gasteiger partial charge in [-0.05, 0) is 24.3 Å². The number of anilines is 1. The summed E-state index contributed by atoms with van der Waals surface area (Å²) in [5.41, 5.74) is 8.71. The number of nitrogens with zero attached hydrogens (tertiary/aromatic N) is 3. The maximum Gasteiger partial charge on any atom is 0.357 e. The van der Waals surface area contributed by atoms with Crippen LogP contribution in [0.2, 0.25) is 0 Å². The highest BCUT2D eigenvalue weighted by atomic mass is 16.5. The summed E-state index contributed by atoms with van der Waals surface area (Å²) in [4.78, 5) is 28.5. The molecule has 0 saturated heterocycles. The molecule has 3 N–H and O–H groups in total. The normalized spacial score (nSPS) is 10.6. The largest absolute Gasteiger partial charge is 0.478 e. The van der Waals surface area contributed by atoms with E-state index in [0.29, 0.717) is 27.8 Å². The van der Waals surface area contributed by atoms with Crippen molar-refractivity contribution < 1.29 is 19.4 Å². The third-order valence-electron chi connectivity index (χ3n) is 4.93. The van der Waals surface area contributed by atoms with Crippen molar-refractivity contribution in [1.82, 2.24) is 9.55 Å². The molecule has 152 valence electrons. The van der Waals surface area contributed by atoms with E-state index in [-0.39, 0.29) is 22.5 Å². The number of carboxylic acid groups (broad SMARTS) is 1. The third kappa shape index (κ3) is 3.34. The van der Waals surface area contributed by atoms with Crippen LogP contribution in [-0.4, -0.2) is 33.7 Å². The van der Waals surface area contributed by atoms with Gasteiger partial charge in [-0.2, -0.15) is 5.26 Å². The zero-order valence-electron chi connectivity index (χ0n) is 16.4. The van der Waals surface area contributed by atoms with E-state index in [1.54, 1.807) is 48.5 Å². The minimum atomic E-state index is -1.04. The summed E-state index contributed by atoms with van der Waals surface area (Å²) in [5, 5.41) is 19.4. The minimum absolute atomic E-state index is 0.0423. The Morgan fingerprint density at radius 3 is 2.52 bits per heavy atom. The number of rotatable bonds is 4. The SMILES string of the molecule is COC(=O)c1c(N)c(C#N)cn1-c1ccc(-c2cc(C(=O)O)c3ccccc3n2)cc1. The highest BCUT2D eigenvalue weighted by Gasteiger charge is 2.21. The number of esters is 1. The quantitative estimate of drug-likeness (QED) is 0.489. The number of hydrogen-bond donors (Lipinski definition) is 2. The van der Waals surface area contributed by atoms with Crippen molar-refractivity contribution in [3.8, 4) is 23.0 Å². The molecule has 0 bridgehead atoms. The lowest BCUT2D eigenvalue weighted by atomic mass is 10.0. The Labute approximate surface area is 176 Å². The summed E-state index contributed by atoms with van der Waals surface area (Å²) in [6, 6.07) is 17.5. The van der Waals surface area contributed by atoms with Crippen molar-refractivity contribution in [2.45, 2.75) is 0 Å². The van der Waals surface area contributed by atoms with E-state index in [1.165, 1.54) is 23.9 Å². The van der Waals surface area contributed by atoms with Crippen molar-refractivity contribution in [1.29, 1.82) is 5.26 Å². The van der Waals surface area contributed by atoms with Gasteiger partial charge in [-0.15, -0.1) is 0 Å². The van der Waals surface area contributed by atoms with Crippen LogP contribution in [0.1, 0.15) is 26.4 Å². The number of aromatic carboxylic acids is 1. The van der Waals surface area contributed by atoms with Gasteiger partial charge < -0.3 is 20.1 Å². The summed E-state index contributed by atoms with van der Waals surface area (Å²) < 4.78 is 6.28. The van der Waals surface area contributed by atoms with Crippen LogP contribution < -0.4 is 5.73 Å². The van der Waals surface area contributed by atoms with E-state index in [1.807, 2.05) is 6.07 Å². The van der Waals surface area contributed by atoms with E-state index >= 15 is 0 Å². The maximum absolute atomic E-state index is 12.2. The zero-order valence-corrected chi connectivity index (χ0v) is 16.4. The lowest BCUT2D eigenvalue weighted by Crippen LogP contribution is -2.11. The van der Waals surface area contributed by atoms with Crippen LogP contribution in [0.25, 0.3) is 27.8 Å². The molecule has 0 radical (unpaired) electrons. The van der Waals surface area contributed by atoms with Crippen molar-refractivity contribution in [3.63, 3.8) is 0 Å². The predicted octanol–water partition coefficient (Wildman–Crippen LogP) is 3.63. The second-order valence-corrected chi connectivity index (χ2v) is 6.70. The molecule has 0 spiro atoms. The Bertz CT molecular complexity index is 1380. The number of pyridine rings is 1. The summed E-state index contributed by atoms with van der Waals surface area (Å²) in [5.74, 6) is -1.70. The molecule has 8 heteroatoms. The molecule has 0 amide bonds. The number of carboxylic acids is 1. The number of carbonyl (C=O) groups excluding carboxylic acids is 1. The Kier molecular flexibility index (Phi) is 4.85. The van der Waals surface area contributed by atoms with Crippen LogP contribution in [0.4, 0.5) is 5.69 Å². The highest BCUT2D eigenvalue weighted by molar-refractivity contribution is 6.03. The standard InChI is InChI=1S/C23H16N4O4/c1-31-23(30)21-20(25)14(11-24)12-27(21)15-8-6-13(7-9-15)19-10-17(22(28)29)16-4-2-3-5-18(16)26-19/h2-10,12H,25H2,1H3,(H,28,29). The fraction of sp³-hybridized carbons (Fsp3) is 0.0435. The number of nitrogens with two attached hydrogens (primary N) is 1. The Morgan fingerprint density at radius 1 is 1.16 bits per heavy atom. The van der Waals surface area contributed by atoms with Gasteiger partial charge in [-0.3, -0.25) is 0 Å². The average molecular weight is 412 g/mol. The number of nitriles is 1. The molecule has 0 atom stereocenters. The minimum Gasteiger partial charge on any atom is -0.478 e. The molecule has 0 saturated carbocycles. The molecule has 0 aliphatic carbocycles. The van der Waals surface area contributed by atoms with Gasteiger partial charge in [0.15, 0.2) is 5.69 Å². The number of para-hydroxylation sites is 1. The van der Waals surface area contributed by atoms with Gasteiger partial charge in [-0.25, -0.2) is 14.6 Å². The number of nitrogen functional groups attached to an aromatic ring is 1. The number of fused-ring (bicyclic) bond motifs is 1. The lowest BCUT2D eigenvalue weighted by Gasteiger charge is -2.10. The number of benzene rings is 2. The second-order valence-electron chi connectivity index (χ2n) is 6.70. The molecular weight excluding hydrogens is 396 g/mol. The summed E-state index contributed by atoms with van der Waals surface area (Å²) in [6.45, 7) is 0. The second kappa shape index (κ2) is 7.65. The first kappa shape index (κ1) is 19.7. The molecule has 8 nitrogen and oxygen atoms in total. The van der Waals surface area contributed by atoms with E-state index in [0.717, 1.165) is 0 Å². The topological polar surface area (TPSA) is 131 Å². The third-order valence-corrected chi connectivity index (χ3v) is 4.93. The van der Waals surface area contributed by atoms with Crippen LogP contribution >= 0.6 is 0 Å². The molecular formula is C23H16N4O4. The molecule has 31 heavy (non-hydrogen) atoms. The van der Waals surface area contributed by atoms with Crippen molar-refractivity contribution in [2.24, 2.45) is 0 Å². The lowest BCUT2D eigenvalue weighted by molar-refractivity contribution is 0.0592. The van der Waals surface area contributed by atoms with Crippen molar-refractivity contribution in [3.05, 3.63) is 77.6 Å². The molecule has 0 aliphatic rings. The molecule has 0 unspecified atom stereocenters. The zero-order chi connectivity index (χ0) is 22.1. The molecule has 4 aromatic rings. The molecule has 0 fully saturated rings. The van der Waals surface area contributed by atoms with Gasteiger partial charge in [0.05, 0.1) is 35.1 Å². The van der Waals surface area contributed by atoms with Crippen LogP contribution in [-0.2, 0) is 4.74 Å². The number of hydrogen-bond acceptors (Lipinski definition) is 6. The number of methoxy groups -OCH3 is 1. The first-order chi connectivity index (χ1) is 14.9. The van der Waals surface area contributed by atoms with Crippen LogP contribution in [0.5, 0.6) is 0 Å². The van der Waals surface area contributed by atoms with Gasteiger partial charge in [0, 0.05) is 22.8 Å². The van der Waals surface area contributed by atoms with Gasteiger partial charge >= 0.3 is 11.9 Å². The molecule has 0 aliphatic heterocycles. The van der Waals surface area contributed by atoms with Gasteiger partial charge in [-0.1, -0.05) is 30.3 Å². The first-order valence-electron chi connectivity index (χ1n) is 9.17. The molecule has 2 heterocycles. The van der Waals surface area contributed by atoms with E-state index < -0.39 is 11.9 Å². The Hall–Kier alpha value is -4.64. The maximum atomic E-state index is 12.2. The number of carbonyl (C=O) groups is 2. The van der Waals surface area contributed by atoms with Gasteiger partial charge in [0.2, 0.25) is 0 Å². The Balaban J connectivity index is 1.81. The summed E-state index contributed by atoms with van der Waals surface area (Å²) in [6.07, 6.45) is 1.47. The molecule has 2 aromatic carbocycles. The van der Waals surface area contributed by atoms with Crippen LogP contribution in [0.15, 0.2) is 60.8 Å². The van der Waals surface area contributed by atoms with E-state index in [9.17, 15) is 20.0 Å². The number of ether oxygens (including phenoxy) is 1. The summed E-state index contributed by atoms with van der Waals surface area (Å²) in [7, 11) is 1.24. The van der Waals surface area contributed by atoms with E-state index in [4.69, 9.17) is 10.5 Å². The van der Waals surface area contributed by atoms with Gasteiger partial charge in [0.25, 0.3) is 0 Å². The fourth-order valence-corrected chi connectivity index (χ4v) is 3.41. The summed E-state index contributed by atoms with van der Waals surface area (Å²) >= 11 is 0. The molecule has 2 aromatic heterocycles. The Morgan fingerprint density at radius 2 is 1.87 bits per heavy atom. The van der Waals surface area contributed by atoms with Crippen molar-refractivity contribution in [2.75, 3.05) is 12.8 Å². The predicted molar refractivity (Wildman–Crippen MR) is 114 cm³/mol. The monoisotopic (exact) mass is 412 g/mol. The first-order valence-corrected chi connectivity index (χ1v) is 9.17. The van der Waals surface area contributed by atoms with Crippen LogP contribution in [0.3, 0.4) is 0 Å². The smallest absolute Gasteiger partial charge is 0.357 e. The fourth-order valence-electron chi connectivity index (χ4n) is 3.41. The molecule has 4 rings (SSSR count).